The Kier molecular flexibility index (Phi) is 8.63. The monoisotopic (exact) mass is 471 g/mol. The molecule has 0 saturated carbocycles. The van der Waals surface area contributed by atoms with E-state index in [-0.39, 0.29) is 22.6 Å². The number of nitrogens with one attached hydrogen (secondary N) is 2. The lowest BCUT2D eigenvalue weighted by Crippen LogP contribution is -2.32. The standard InChI is InChI=1S/C25H33N3O4S/c1-3-19(2)24(29)27-22-10-8-9-20(17-22)18-26-25(30)21-11-13-23(14-12-21)33(31,32)28-15-6-4-5-7-16-28/h8-14,17,19H,3-7,15-16,18H2,1-2H3,(H,26,30)(H,27,29). The van der Waals surface area contributed by atoms with Gasteiger partial charge in [-0.05, 0) is 61.2 Å². The van der Waals surface area contributed by atoms with Crippen LogP contribution >= 0.6 is 0 Å². The van der Waals surface area contributed by atoms with Gasteiger partial charge in [-0.25, -0.2) is 8.42 Å². The van der Waals surface area contributed by atoms with E-state index in [1.54, 1.807) is 16.4 Å². The molecule has 1 fully saturated rings. The van der Waals surface area contributed by atoms with Crippen molar-refractivity contribution in [3.63, 3.8) is 0 Å². The largest absolute Gasteiger partial charge is 0.348 e. The van der Waals surface area contributed by atoms with Crippen molar-refractivity contribution in [3.05, 3.63) is 59.7 Å². The van der Waals surface area contributed by atoms with Gasteiger partial charge >= 0.3 is 0 Å². The van der Waals surface area contributed by atoms with Crippen LogP contribution in [0.5, 0.6) is 0 Å². The lowest BCUT2D eigenvalue weighted by Gasteiger charge is -2.20. The van der Waals surface area contributed by atoms with Crippen molar-refractivity contribution in [2.24, 2.45) is 5.92 Å². The minimum atomic E-state index is -3.54. The van der Waals surface area contributed by atoms with Crippen LogP contribution in [0, 0.1) is 5.92 Å². The average Bonchev–Trinajstić information content (AvgIpc) is 3.12. The summed E-state index contributed by atoms with van der Waals surface area (Å²) in [4.78, 5) is 24.9. The maximum atomic E-state index is 12.9. The van der Waals surface area contributed by atoms with Crippen molar-refractivity contribution in [2.75, 3.05) is 18.4 Å². The number of rotatable bonds is 8. The van der Waals surface area contributed by atoms with Crippen molar-refractivity contribution >= 4 is 27.5 Å². The highest BCUT2D eigenvalue weighted by Crippen LogP contribution is 2.21. The molecule has 1 aliphatic heterocycles. The Hall–Kier alpha value is -2.71. The van der Waals surface area contributed by atoms with Crippen molar-refractivity contribution in [2.45, 2.75) is 57.4 Å². The molecule has 0 bridgehead atoms. The number of carbonyl (C=O) groups excluding carboxylic acids is 2. The average molecular weight is 472 g/mol. The van der Waals surface area contributed by atoms with Gasteiger partial charge in [0.25, 0.3) is 5.91 Å². The van der Waals surface area contributed by atoms with Crippen LogP contribution in [-0.2, 0) is 21.4 Å². The molecule has 1 saturated heterocycles. The van der Waals surface area contributed by atoms with Crippen LogP contribution < -0.4 is 10.6 Å². The van der Waals surface area contributed by atoms with Gasteiger partial charge in [0, 0.05) is 36.8 Å². The van der Waals surface area contributed by atoms with E-state index >= 15 is 0 Å². The Balaban J connectivity index is 1.60. The van der Waals surface area contributed by atoms with Gasteiger partial charge in [-0.15, -0.1) is 0 Å². The molecule has 2 aromatic carbocycles. The first kappa shape index (κ1) is 24.9. The fraction of sp³-hybridized carbons (Fsp3) is 0.440. The maximum Gasteiger partial charge on any atom is 0.251 e. The predicted molar refractivity (Wildman–Crippen MR) is 129 cm³/mol. The molecule has 178 valence electrons. The highest BCUT2D eigenvalue weighted by atomic mass is 32.2. The van der Waals surface area contributed by atoms with E-state index in [9.17, 15) is 18.0 Å². The summed E-state index contributed by atoms with van der Waals surface area (Å²) in [6.07, 6.45) is 4.63. The minimum absolute atomic E-state index is 0.0334. The van der Waals surface area contributed by atoms with Gasteiger partial charge in [0.2, 0.25) is 15.9 Å². The molecule has 2 N–H and O–H groups in total. The molecule has 2 aromatic rings. The van der Waals surface area contributed by atoms with Gasteiger partial charge in [0.15, 0.2) is 0 Å². The molecule has 1 aliphatic rings. The third-order valence-corrected chi connectivity index (χ3v) is 7.94. The van der Waals surface area contributed by atoms with Crippen LogP contribution in [0.2, 0.25) is 0 Å². The normalized spacial score (nSPS) is 15.9. The summed E-state index contributed by atoms with van der Waals surface area (Å²) in [6.45, 7) is 5.22. The Morgan fingerprint density at radius 2 is 1.67 bits per heavy atom. The van der Waals surface area contributed by atoms with E-state index < -0.39 is 10.0 Å². The van der Waals surface area contributed by atoms with Gasteiger partial charge in [-0.1, -0.05) is 38.8 Å². The fourth-order valence-corrected chi connectivity index (χ4v) is 5.22. The minimum Gasteiger partial charge on any atom is -0.348 e. The second kappa shape index (κ2) is 11.4. The number of nitrogens with zero attached hydrogens (tertiary/aromatic N) is 1. The van der Waals surface area contributed by atoms with Gasteiger partial charge in [0.05, 0.1) is 4.90 Å². The SMILES string of the molecule is CCC(C)C(=O)Nc1cccc(CNC(=O)c2ccc(S(=O)(=O)N3CCCCCC3)cc2)c1. The first-order valence-corrected chi connectivity index (χ1v) is 13.0. The van der Waals surface area contributed by atoms with Crippen LogP contribution in [-0.4, -0.2) is 37.6 Å². The fourth-order valence-electron chi connectivity index (χ4n) is 3.70. The summed E-state index contributed by atoms with van der Waals surface area (Å²) in [7, 11) is -3.54. The lowest BCUT2D eigenvalue weighted by atomic mass is 10.1. The Labute approximate surface area is 196 Å². The van der Waals surface area contributed by atoms with E-state index in [1.165, 1.54) is 12.1 Å². The van der Waals surface area contributed by atoms with Crippen LogP contribution in [0.25, 0.3) is 0 Å². The molecule has 0 spiro atoms. The zero-order valence-corrected chi connectivity index (χ0v) is 20.2. The molecule has 0 aliphatic carbocycles. The highest BCUT2D eigenvalue weighted by molar-refractivity contribution is 7.89. The zero-order valence-electron chi connectivity index (χ0n) is 19.3. The molecule has 8 heteroatoms. The van der Waals surface area contributed by atoms with Crippen molar-refractivity contribution in [1.82, 2.24) is 9.62 Å². The molecular weight excluding hydrogens is 438 g/mol. The number of carbonyl (C=O) groups is 2. The number of anilines is 1. The summed E-state index contributed by atoms with van der Waals surface area (Å²) in [6, 6.07) is 13.4. The third kappa shape index (κ3) is 6.65. The van der Waals surface area contributed by atoms with Gasteiger partial charge in [-0.3, -0.25) is 9.59 Å². The van der Waals surface area contributed by atoms with Crippen molar-refractivity contribution in [3.8, 4) is 0 Å². The van der Waals surface area contributed by atoms with E-state index in [0.717, 1.165) is 37.7 Å². The quantitative estimate of drug-likeness (QED) is 0.604. The predicted octanol–water partition coefficient (Wildman–Crippen LogP) is 4.17. The number of benzene rings is 2. The van der Waals surface area contributed by atoms with E-state index in [0.29, 0.717) is 30.9 Å². The molecule has 0 aromatic heterocycles. The Bertz CT molecular complexity index is 1060. The molecule has 7 nitrogen and oxygen atoms in total. The summed E-state index contributed by atoms with van der Waals surface area (Å²) in [5, 5.41) is 5.74. The molecule has 33 heavy (non-hydrogen) atoms. The van der Waals surface area contributed by atoms with Crippen LogP contribution in [0.15, 0.2) is 53.4 Å². The van der Waals surface area contributed by atoms with Crippen molar-refractivity contribution < 1.29 is 18.0 Å². The van der Waals surface area contributed by atoms with Crippen molar-refractivity contribution in [1.29, 1.82) is 0 Å². The molecule has 3 rings (SSSR count). The highest BCUT2D eigenvalue weighted by Gasteiger charge is 2.25. The van der Waals surface area contributed by atoms with Crippen LogP contribution in [0.4, 0.5) is 5.69 Å². The molecule has 2 amide bonds. The smallest absolute Gasteiger partial charge is 0.251 e. The summed E-state index contributed by atoms with van der Waals surface area (Å²) >= 11 is 0. The molecular formula is C25H33N3O4S. The summed E-state index contributed by atoms with van der Waals surface area (Å²) in [5.74, 6) is -0.392. The molecule has 1 unspecified atom stereocenters. The third-order valence-electron chi connectivity index (χ3n) is 6.03. The van der Waals surface area contributed by atoms with Crippen LogP contribution in [0.3, 0.4) is 0 Å². The van der Waals surface area contributed by atoms with Crippen LogP contribution in [0.1, 0.15) is 61.9 Å². The molecule has 0 radical (unpaired) electrons. The lowest BCUT2D eigenvalue weighted by molar-refractivity contribution is -0.119. The maximum absolute atomic E-state index is 12.9. The Morgan fingerprint density at radius 3 is 2.30 bits per heavy atom. The topological polar surface area (TPSA) is 95.6 Å². The molecule has 1 atom stereocenters. The second-order valence-corrected chi connectivity index (χ2v) is 10.5. The number of sulfonamides is 1. The first-order chi connectivity index (χ1) is 15.8. The number of hydrogen-bond acceptors (Lipinski definition) is 4. The molecule has 1 heterocycles. The number of amides is 2. The number of hydrogen-bond donors (Lipinski definition) is 2. The Morgan fingerprint density at radius 1 is 1.00 bits per heavy atom. The first-order valence-electron chi connectivity index (χ1n) is 11.6. The van der Waals surface area contributed by atoms with E-state index in [2.05, 4.69) is 10.6 Å². The van der Waals surface area contributed by atoms with E-state index in [1.807, 2.05) is 38.1 Å². The van der Waals surface area contributed by atoms with Gasteiger partial charge in [-0.2, -0.15) is 4.31 Å². The zero-order chi connectivity index (χ0) is 23.8. The van der Waals surface area contributed by atoms with E-state index in [4.69, 9.17) is 0 Å². The summed E-state index contributed by atoms with van der Waals surface area (Å²) in [5.41, 5.74) is 1.94. The summed E-state index contributed by atoms with van der Waals surface area (Å²) < 4.78 is 27.3. The van der Waals surface area contributed by atoms with Gasteiger partial charge < -0.3 is 10.6 Å². The van der Waals surface area contributed by atoms with Gasteiger partial charge in [0.1, 0.15) is 0 Å². The second-order valence-electron chi connectivity index (χ2n) is 8.52.